The summed E-state index contributed by atoms with van der Waals surface area (Å²) in [6.45, 7) is 0.0599. The molecule has 0 aliphatic carbocycles. The Morgan fingerprint density at radius 1 is 0.852 bits per heavy atom. The molecule has 0 amide bonds. The highest BCUT2D eigenvalue weighted by Gasteiger charge is 2.16. The van der Waals surface area contributed by atoms with E-state index >= 15 is 0 Å². The molecule has 0 fully saturated rings. The number of hydrogen-bond donors (Lipinski definition) is 1. The second-order valence-electron chi connectivity index (χ2n) is 5.13. The number of para-hydroxylation sites is 2. The van der Waals surface area contributed by atoms with E-state index in [4.69, 9.17) is 18.9 Å². The largest absolute Gasteiger partial charge is 0.493 e. The van der Waals surface area contributed by atoms with Gasteiger partial charge in [-0.15, -0.1) is 0 Å². The second-order valence-corrected chi connectivity index (χ2v) is 6.90. The van der Waals surface area contributed by atoms with Gasteiger partial charge in [-0.1, -0.05) is 24.0 Å². The molecule has 0 aliphatic heterocycles. The zero-order chi connectivity index (χ0) is 19.7. The molecule has 0 heterocycles. The van der Waals surface area contributed by atoms with Gasteiger partial charge in [0.1, 0.15) is 6.61 Å². The molecular weight excluding hydrogens is 370 g/mol. The van der Waals surface area contributed by atoms with Gasteiger partial charge >= 0.3 is 0 Å². The first-order valence-corrected chi connectivity index (χ1v) is 9.43. The first-order valence-electron chi connectivity index (χ1n) is 7.95. The topological polar surface area (TPSA) is 83.1 Å². The minimum Gasteiger partial charge on any atom is -0.493 e. The summed E-state index contributed by atoms with van der Waals surface area (Å²) >= 11 is 0. The highest BCUT2D eigenvalue weighted by molar-refractivity contribution is 7.89. The zero-order valence-electron chi connectivity index (χ0n) is 15.3. The summed E-state index contributed by atoms with van der Waals surface area (Å²) in [5.41, 5.74) is 0. The fourth-order valence-electron chi connectivity index (χ4n) is 2.16. The summed E-state index contributed by atoms with van der Waals surface area (Å²) in [5, 5.41) is 0. The van der Waals surface area contributed by atoms with Gasteiger partial charge in [0.2, 0.25) is 10.0 Å². The maximum Gasteiger partial charge on any atom is 0.241 e. The molecule has 0 saturated heterocycles. The van der Waals surface area contributed by atoms with Crippen LogP contribution >= 0.6 is 0 Å². The maximum absolute atomic E-state index is 12.3. The molecule has 0 radical (unpaired) electrons. The Morgan fingerprint density at radius 3 is 2.15 bits per heavy atom. The Kier molecular flexibility index (Phi) is 7.34. The van der Waals surface area contributed by atoms with E-state index in [1.165, 1.54) is 32.4 Å². The molecule has 8 heteroatoms. The number of hydrogen-bond acceptors (Lipinski definition) is 6. The van der Waals surface area contributed by atoms with E-state index in [2.05, 4.69) is 16.6 Å². The van der Waals surface area contributed by atoms with Gasteiger partial charge in [-0.2, -0.15) is 4.72 Å². The molecule has 7 nitrogen and oxygen atoms in total. The molecule has 0 unspecified atom stereocenters. The first-order chi connectivity index (χ1) is 13.0. The lowest BCUT2D eigenvalue weighted by atomic mass is 10.3. The number of sulfonamides is 1. The molecule has 1 N–H and O–H groups in total. The van der Waals surface area contributed by atoms with Gasteiger partial charge in [0.15, 0.2) is 23.0 Å². The van der Waals surface area contributed by atoms with Crippen molar-refractivity contribution in [2.45, 2.75) is 4.90 Å². The Hall–Kier alpha value is -2.89. The first kappa shape index (κ1) is 20.4. The van der Waals surface area contributed by atoms with E-state index in [9.17, 15) is 8.42 Å². The zero-order valence-corrected chi connectivity index (χ0v) is 16.1. The quantitative estimate of drug-likeness (QED) is 0.694. The van der Waals surface area contributed by atoms with Crippen LogP contribution in [0.25, 0.3) is 0 Å². The number of nitrogens with one attached hydrogen (secondary N) is 1. The number of methoxy groups -OCH3 is 3. The number of benzene rings is 2. The third-order valence-corrected chi connectivity index (χ3v) is 4.91. The summed E-state index contributed by atoms with van der Waals surface area (Å²) in [6.07, 6.45) is 0. The Morgan fingerprint density at radius 2 is 1.48 bits per heavy atom. The summed E-state index contributed by atoms with van der Waals surface area (Å²) < 4.78 is 47.9. The van der Waals surface area contributed by atoms with Gasteiger partial charge in [-0.3, -0.25) is 0 Å². The second kappa shape index (κ2) is 9.71. The van der Waals surface area contributed by atoms with Crippen LogP contribution in [0.5, 0.6) is 23.0 Å². The Balaban J connectivity index is 1.92. The van der Waals surface area contributed by atoms with Crippen LogP contribution in [-0.4, -0.2) is 42.9 Å². The molecule has 0 saturated carbocycles. The summed E-state index contributed by atoms with van der Waals surface area (Å²) in [5.74, 6) is 7.41. The summed E-state index contributed by atoms with van der Waals surface area (Å²) in [4.78, 5) is 0.0622. The van der Waals surface area contributed by atoms with Crippen molar-refractivity contribution < 1.29 is 27.4 Å². The van der Waals surface area contributed by atoms with Crippen molar-refractivity contribution in [2.24, 2.45) is 0 Å². The number of ether oxygens (including phenoxy) is 4. The molecule has 2 aromatic rings. The van der Waals surface area contributed by atoms with Gasteiger partial charge in [-0.05, 0) is 24.3 Å². The summed E-state index contributed by atoms with van der Waals surface area (Å²) in [7, 11) is 0.754. The van der Waals surface area contributed by atoms with Crippen LogP contribution in [0.15, 0.2) is 47.4 Å². The molecule has 0 aromatic heterocycles. The Bertz CT molecular complexity index is 931. The standard InChI is InChI=1S/C19H21NO6S/c1-23-16-8-4-5-9-18(16)26-13-7-6-12-20-27(21,22)15-10-11-17(24-2)19(14-15)25-3/h4-5,8-11,14,20H,12-13H2,1-3H3. The molecule has 2 rings (SSSR count). The van der Waals surface area contributed by atoms with Crippen molar-refractivity contribution in [1.82, 2.24) is 4.72 Å². The van der Waals surface area contributed by atoms with Crippen LogP contribution in [0.1, 0.15) is 0 Å². The van der Waals surface area contributed by atoms with Gasteiger partial charge in [0.25, 0.3) is 0 Å². The molecule has 0 atom stereocenters. The van der Waals surface area contributed by atoms with E-state index < -0.39 is 10.0 Å². The van der Waals surface area contributed by atoms with Crippen molar-refractivity contribution in [3.05, 3.63) is 42.5 Å². The van der Waals surface area contributed by atoms with Crippen molar-refractivity contribution in [2.75, 3.05) is 34.5 Å². The highest BCUT2D eigenvalue weighted by atomic mass is 32.2. The lowest BCUT2D eigenvalue weighted by molar-refractivity contribution is 0.331. The normalized spacial score (nSPS) is 10.5. The molecule has 0 spiro atoms. The predicted molar refractivity (Wildman–Crippen MR) is 101 cm³/mol. The minimum absolute atomic E-state index is 0.0496. The van der Waals surface area contributed by atoms with Crippen LogP contribution in [0.3, 0.4) is 0 Å². The molecule has 0 aliphatic rings. The Labute approximate surface area is 159 Å². The van der Waals surface area contributed by atoms with Gasteiger partial charge in [0, 0.05) is 6.07 Å². The predicted octanol–water partition coefficient (Wildman–Crippen LogP) is 2.07. The summed E-state index contributed by atoms with van der Waals surface area (Å²) in [6, 6.07) is 11.5. The van der Waals surface area contributed by atoms with E-state index in [1.54, 1.807) is 19.2 Å². The van der Waals surface area contributed by atoms with Crippen molar-refractivity contribution in [3.63, 3.8) is 0 Å². The van der Waals surface area contributed by atoms with Gasteiger partial charge in [-0.25, -0.2) is 8.42 Å². The third-order valence-electron chi connectivity index (χ3n) is 3.51. The van der Waals surface area contributed by atoms with E-state index in [0.717, 1.165) is 0 Å². The SMILES string of the molecule is COc1ccc(S(=O)(=O)NCC#CCOc2ccccc2OC)cc1OC. The fourth-order valence-corrected chi connectivity index (χ4v) is 3.10. The smallest absolute Gasteiger partial charge is 0.241 e. The average molecular weight is 391 g/mol. The number of rotatable bonds is 8. The van der Waals surface area contributed by atoms with Crippen LogP contribution in [-0.2, 0) is 10.0 Å². The maximum atomic E-state index is 12.3. The van der Waals surface area contributed by atoms with Crippen LogP contribution in [0.2, 0.25) is 0 Å². The van der Waals surface area contributed by atoms with E-state index in [-0.39, 0.29) is 18.0 Å². The van der Waals surface area contributed by atoms with Crippen molar-refractivity contribution in [1.29, 1.82) is 0 Å². The van der Waals surface area contributed by atoms with Crippen LogP contribution in [0.4, 0.5) is 0 Å². The average Bonchev–Trinajstić information content (AvgIpc) is 2.70. The molecule has 144 valence electrons. The van der Waals surface area contributed by atoms with Crippen LogP contribution in [0, 0.1) is 11.8 Å². The van der Waals surface area contributed by atoms with Crippen molar-refractivity contribution in [3.8, 4) is 34.8 Å². The molecule has 27 heavy (non-hydrogen) atoms. The molecule has 0 bridgehead atoms. The van der Waals surface area contributed by atoms with Gasteiger partial charge < -0.3 is 18.9 Å². The van der Waals surface area contributed by atoms with E-state index in [1.807, 2.05) is 12.1 Å². The molecular formula is C19H21NO6S. The molecule has 2 aromatic carbocycles. The van der Waals surface area contributed by atoms with Crippen LogP contribution < -0.4 is 23.7 Å². The fraction of sp³-hybridized carbons (Fsp3) is 0.263. The van der Waals surface area contributed by atoms with Crippen molar-refractivity contribution >= 4 is 10.0 Å². The minimum atomic E-state index is -3.72. The third kappa shape index (κ3) is 5.54. The van der Waals surface area contributed by atoms with Gasteiger partial charge in [0.05, 0.1) is 32.8 Å². The van der Waals surface area contributed by atoms with E-state index in [0.29, 0.717) is 23.0 Å². The monoisotopic (exact) mass is 391 g/mol. The lowest BCUT2D eigenvalue weighted by Gasteiger charge is -2.10. The lowest BCUT2D eigenvalue weighted by Crippen LogP contribution is -2.24. The highest BCUT2D eigenvalue weighted by Crippen LogP contribution is 2.29.